The van der Waals surface area contributed by atoms with Crippen molar-refractivity contribution in [3.8, 4) is 0 Å². The van der Waals surface area contributed by atoms with Crippen LogP contribution >= 0.6 is 35.0 Å². The van der Waals surface area contributed by atoms with Gasteiger partial charge in [-0.15, -0.1) is 12.4 Å². The Hall–Kier alpha value is 0.0200. The first-order valence-electron chi connectivity index (χ1n) is 5.74. The van der Waals surface area contributed by atoms with Gasteiger partial charge >= 0.3 is 0 Å². The molecule has 0 amide bonds. The number of benzene rings is 1. The summed E-state index contributed by atoms with van der Waals surface area (Å²) in [6.45, 7) is 3.94. The Morgan fingerprint density at radius 3 is 2.78 bits per heavy atom. The van der Waals surface area contributed by atoms with E-state index >= 15 is 0 Å². The molecule has 0 aliphatic carbocycles. The van der Waals surface area contributed by atoms with Crippen LogP contribution in [0.15, 0.2) is 12.1 Å². The maximum Gasteiger partial charge on any atom is 0.143 e. The van der Waals surface area contributed by atoms with Crippen LogP contribution in [0.5, 0.6) is 0 Å². The van der Waals surface area contributed by atoms with Gasteiger partial charge in [-0.1, -0.05) is 0 Å². The summed E-state index contributed by atoms with van der Waals surface area (Å²) in [5.74, 6) is -0.858. The minimum Gasteiger partial charge on any atom is -0.315 e. The Kier molecular flexibility index (Phi) is 6.76. The summed E-state index contributed by atoms with van der Waals surface area (Å²) in [6.07, 6.45) is 1.02. The molecule has 0 spiro atoms. The van der Waals surface area contributed by atoms with Gasteiger partial charge in [0.25, 0.3) is 0 Å². The van der Waals surface area contributed by atoms with Crippen molar-refractivity contribution in [2.24, 2.45) is 0 Å². The van der Waals surface area contributed by atoms with Gasteiger partial charge in [0, 0.05) is 28.8 Å². The number of rotatable bonds is 2. The molecule has 0 bridgehead atoms. The minimum absolute atomic E-state index is 0. The predicted molar refractivity (Wildman–Crippen MR) is 79.1 cm³/mol. The monoisotopic (exact) mass is 388 g/mol. The first-order chi connectivity index (χ1) is 8.18. The molecule has 1 heterocycles. The summed E-state index contributed by atoms with van der Waals surface area (Å²) < 4.78 is 27.9. The van der Waals surface area contributed by atoms with Crippen LogP contribution in [0.3, 0.4) is 0 Å². The van der Waals surface area contributed by atoms with Crippen LogP contribution < -0.4 is 5.32 Å². The van der Waals surface area contributed by atoms with Gasteiger partial charge in [0.1, 0.15) is 11.6 Å². The third kappa shape index (κ3) is 4.01. The Morgan fingerprint density at radius 1 is 1.22 bits per heavy atom. The lowest BCUT2D eigenvalue weighted by molar-refractivity contribution is 0.275. The standard InChI is InChI=1S/C12H15F2IN2.ClH/c13-10-2-3-11(15)12(14)9(10)8-17-6-1-4-16-5-7-17;/h2-3,16H,1,4-8H2;1H. The van der Waals surface area contributed by atoms with E-state index in [1.807, 2.05) is 22.6 Å². The third-order valence-electron chi connectivity index (χ3n) is 2.95. The van der Waals surface area contributed by atoms with Crippen molar-refractivity contribution in [1.82, 2.24) is 10.2 Å². The molecule has 2 nitrogen and oxygen atoms in total. The maximum absolute atomic E-state index is 13.8. The van der Waals surface area contributed by atoms with Gasteiger partial charge in [0.05, 0.1) is 0 Å². The van der Waals surface area contributed by atoms with Crippen LogP contribution in [-0.4, -0.2) is 31.1 Å². The first-order valence-corrected chi connectivity index (χ1v) is 6.82. The van der Waals surface area contributed by atoms with E-state index in [2.05, 4.69) is 10.2 Å². The van der Waals surface area contributed by atoms with Crippen molar-refractivity contribution in [2.75, 3.05) is 26.2 Å². The lowest BCUT2D eigenvalue weighted by atomic mass is 10.2. The molecule has 18 heavy (non-hydrogen) atoms. The zero-order chi connectivity index (χ0) is 12.3. The van der Waals surface area contributed by atoms with Gasteiger partial charge < -0.3 is 5.32 Å². The topological polar surface area (TPSA) is 15.3 Å². The van der Waals surface area contributed by atoms with Gasteiger partial charge in [-0.25, -0.2) is 8.78 Å². The molecule has 1 saturated heterocycles. The van der Waals surface area contributed by atoms with Crippen LogP contribution in [0.25, 0.3) is 0 Å². The maximum atomic E-state index is 13.8. The van der Waals surface area contributed by atoms with E-state index in [0.717, 1.165) is 32.6 Å². The SMILES string of the molecule is Cl.Fc1ccc(I)c(F)c1CN1CCCNCC1. The molecular weight excluding hydrogens is 372 g/mol. The summed E-state index contributed by atoms with van der Waals surface area (Å²) in [7, 11) is 0. The fraction of sp³-hybridized carbons (Fsp3) is 0.500. The number of nitrogens with zero attached hydrogens (tertiary/aromatic N) is 1. The lowest BCUT2D eigenvalue weighted by Crippen LogP contribution is -2.28. The molecule has 1 fully saturated rings. The van der Waals surface area contributed by atoms with E-state index in [4.69, 9.17) is 0 Å². The van der Waals surface area contributed by atoms with Crippen molar-refractivity contribution in [1.29, 1.82) is 0 Å². The molecule has 0 unspecified atom stereocenters. The van der Waals surface area contributed by atoms with Gasteiger partial charge in [-0.05, 0) is 54.2 Å². The molecule has 6 heteroatoms. The van der Waals surface area contributed by atoms with Gasteiger partial charge in [0.15, 0.2) is 0 Å². The second-order valence-corrected chi connectivity index (χ2v) is 5.36. The van der Waals surface area contributed by atoms with Crippen LogP contribution in [0.1, 0.15) is 12.0 Å². The molecule has 0 saturated carbocycles. The molecule has 1 aromatic carbocycles. The second kappa shape index (κ2) is 7.57. The van der Waals surface area contributed by atoms with Crippen LogP contribution in [0.4, 0.5) is 8.78 Å². The smallest absolute Gasteiger partial charge is 0.143 e. The van der Waals surface area contributed by atoms with Gasteiger partial charge in [-0.3, -0.25) is 4.90 Å². The lowest BCUT2D eigenvalue weighted by Gasteiger charge is -2.20. The van der Waals surface area contributed by atoms with Crippen molar-refractivity contribution >= 4 is 35.0 Å². The molecule has 0 radical (unpaired) electrons. The summed E-state index contributed by atoms with van der Waals surface area (Å²) in [6, 6.07) is 2.81. The molecule has 1 aliphatic rings. The third-order valence-corrected chi connectivity index (χ3v) is 3.79. The van der Waals surface area contributed by atoms with E-state index in [0.29, 0.717) is 10.1 Å². The van der Waals surface area contributed by atoms with Crippen molar-refractivity contribution in [2.45, 2.75) is 13.0 Å². The summed E-state index contributed by atoms with van der Waals surface area (Å²) >= 11 is 1.90. The van der Waals surface area contributed by atoms with E-state index in [1.54, 1.807) is 0 Å². The molecule has 0 atom stereocenters. The van der Waals surface area contributed by atoms with E-state index in [1.165, 1.54) is 12.1 Å². The van der Waals surface area contributed by atoms with Gasteiger partial charge in [0.2, 0.25) is 0 Å². The van der Waals surface area contributed by atoms with Crippen LogP contribution in [0.2, 0.25) is 0 Å². The quantitative estimate of drug-likeness (QED) is 0.619. The highest BCUT2D eigenvalue weighted by Gasteiger charge is 2.16. The second-order valence-electron chi connectivity index (χ2n) is 4.20. The average Bonchev–Trinajstić information content (AvgIpc) is 2.58. The Labute approximate surface area is 126 Å². The first kappa shape index (κ1) is 16.1. The Balaban J connectivity index is 0.00000162. The summed E-state index contributed by atoms with van der Waals surface area (Å²) in [4.78, 5) is 2.09. The molecule has 1 aliphatic heterocycles. The van der Waals surface area contributed by atoms with Crippen LogP contribution in [-0.2, 0) is 6.54 Å². The highest BCUT2D eigenvalue weighted by atomic mass is 127. The number of nitrogens with one attached hydrogen (secondary N) is 1. The molecule has 1 N–H and O–H groups in total. The highest BCUT2D eigenvalue weighted by molar-refractivity contribution is 14.1. The largest absolute Gasteiger partial charge is 0.315 e. The predicted octanol–water partition coefficient (Wildman–Crippen LogP) is 2.79. The molecular formula is C12H16ClF2IN2. The van der Waals surface area contributed by atoms with Crippen molar-refractivity contribution < 1.29 is 8.78 Å². The van der Waals surface area contributed by atoms with Crippen LogP contribution in [0, 0.1) is 15.2 Å². The fourth-order valence-corrected chi connectivity index (χ4v) is 2.50. The van der Waals surface area contributed by atoms with Crippen molar-refractivity contribution in [3.05, 3.63) is 32.9 Å². The Morgan fingerprint density at radius 2 is 2.00 bits per heavy atom. The molecule has 0 aromatic heterocycles. The minimum atomic E-state index is -0.444. The number of halogens is 4. The average molecular weight is 389 g/mol. The molecule has 2 rings (SSSR count). The Bertz CT molecular complexity index is 396. The normalized spacial score (nSPS) is 17.1. The van der Waals surface area contributed by atoms with E-state index in [-0.39, 0.29) is 18.0 Å². The summed E-state index contributed by atoms with van der Waals surface area (Å²) in [5.41, 5.74) is 0.193. The summed E-state index contributed by atoms with van der Waals surface area (Å²) in [5, 5.41) is 3.27. The number of hydrogen-bond acceptors (Lipinski definition) is 2. The number of hydrogen-bond donors (Lipinski definition) is 1. The molecule has 102 valence electrons. The van der Waals surface area contributed by atoms with E-state index in [9.17, 15) is 8.78 Å². The fourth-order valence-electron chi connectivity index (χ4n) is 2.00. The van der Waals surface area contributed by atoms with Gasteiger partial charge in [-0.2, -0.15) is 0 Å². The highest BCUT2D eigenvalue weighted by Crippen LogP contribution is 2.20. The zero-order valence-corrected chi connectivity index (χ0v) is 12.9. The van der Waals surface area contributed by atoms with Crippen molar-refractivity contribution in [3.63, 3.8) is 0 Å². The zero-order valence-electron chi connectivity index (χ0n) is 9.89. The van der Waals surface area contributed by atoms with E-state index < -0.39 is 11.6 Å². The molecule has 1 aromatic rings.